The van der Waals surface area contributed by atoms with Crippen LogP contribution >= 0.6 is 12.4 Å². The average molecular weight is 232 g/mol. The van der Waals surface area contributed by atoms with Gasteiger partial charge in [0.1, 0.15) is 0 Å². The Hall–Kier alpha value is -0.270. The molecule has 0 heterocycles. The van der Waals surface area contributed by atoms with E-state index in [4.69, 9.17) is 0 Å². The summed E-state index contributed by atoms with van der Waals surface area (Å²) in [5.41, 5.74) is 2.67. The molecule has 0 unspecified atom stereocenters. The van der Waals surface area contributed by atoms with Crippen LogP contribution < -0.4 is 0 Å². The molecule has 0 spiro atoms. The van der Waals surface area contributed by atoms with Crippen LogP contribution in [0.5, 0.6) is 0 Å². The summed E-state index contributed by atoms with van der Waals surface area (Å²) in [5.74, 6) is 0. The smallest absolute Gasteiger partial charge is 0.0190 e. The van der Waals surface area contributed by atoms with Crippen molar-refractivity contribution in [1.29, 1.82) is 0 Å². The van der Waals surface area contributed by atoms with Crippen LogP contribution in [0.3, 0.4) is 0 Å². The van der Waals surface area contributed by atoms with Gasteiger partial charge in [0.05, 0.1) is 0 Å². The lowest BCUT2D eigenvalue weighted by Crippen LogP contribution is -2.23. The number of hydrogen-bond acceptors (Lipinski definition) is 1. The number of likely N-dealkylation sites (N-methyl/N-ethyl adjacent to an activating group) is 1. The first-order valence-electron chi connectivity index (χ1n) is 5.62. The summed E-state index contributed by atoms with van der Waals surface area (Å²) in [6.07, 6.45) is 4.68. The third-order valence-corrected chi connectivity index (χ3v) is 2.19. The zero-order valence-electron chi connectivity index (χ0n) is 10.5. The predicted octanol–water partition coefficient (Wildman–Crippen LogP) is 4.05. The van der Waals surface area contributed by atoms with Gasteiger partial charge in [-0.1, -0.05) is 51.0 Å². The van der Waals surface area contributed by atoms with Crippen LogP contribution in [0, 0.1) is 0 Å². The van der Waals surface area contributed by atoms with E-state index in [1.807, 2.05) is 0 Å². The van der Waals surface area contributed by atoms with Gasteiger partial charge in [-0.05, 0) is 19.9 Å². The third-order valence-electron chi connectivity index (χ3n) is 2.19. The second-order valence-corrected chi connectivity index (χ2v) is 4.17. The number of hydrogen-bond donors (Lipinski definition) is 0. The standard InChI is InChI=1S/C13H25N.ClH/c1-6-8-12(3)10-14(5)11-13(4)9-7-2;/h3-4,6-11H2,1-2,5H3;1H. The van der Waals surface area contributed by atoms with Gasteiger partial charge < -0.3 is 0 Å². The highest BCUT2D eigenvalue weighted by Crippen LogP contribution is 2.07. The Morgan fingerprint density at radius 2 is 1.27 bits per heavy atom. The molecule has 15 heavy (non-hydrogen) atoms. The van der Waals surface area contributed by atoms with E-state index in [0.29, 0.717) is 0 Å². The highest BCUT2D eigenvalue weighted by molar-refractivity contribution is 5.85. The third kappa shape index (κ3) is 10.0. The number of nitrogens with zero attached hydrogens (tertiary/aromatic N) is 1. The SMILES string of the molecule is C=C(CCC)CN(C)CC(=C)CCC.Cl. The van der Waals surface area contributed by atoms with Crippen LogP contribution in [-0.2, 0) is 0 Å². The maximum absolute atomic E-state index is 4.07. The first-order chi connectivity index (χ1) is 6.60. The van der Waals surface area contributed by atoms with Crippen molar-refractivity contribution >= 4 is 12.4 Å². The van der Waals surface area contributed by atoms with E-state index >= 15 is 0 Å². The predicted molar refractivity (Wildman–Crippen MR) is 72.8 cm³/mol. The molecule has 90 valence electrons. The van der Waals surface area contributed by atoms with E-state index in [2.05, 4.69) is 39.0 Å². The van der Waals surface area contributed by atoms with Crippen molar-refractivity contribution in [2.75, 3.05) is 20.1 Å². The molecule has 1 nitrogen and oxygen atoms in total. The van der Waals surface area contributed by atoms with Crippen LogP contribution in [0.25, 0.3) is 0 Å². The van der Waals surface area contributed by atoms with Gasteiger partial charge in [-0.2, -0.15) is 0 Å². The first kappa shape index (κ1) is 17.1. The summed E-state index contributed by atoms with van der Waals surface area (Å²) in [6, 6.07) is 0. The lowest BCUT2D eigenvalue weighted by molar-refractivity contribution is 0.385. The van der Waals surface area contributed by atoms with Gasteiger partial charge in [0.2, 0.25) is 0 Å². The summed E-state index contributed by atoms with van der Waals surface area (Å²) >= 11 is 0. The lowest BCUT2D eigenvalue weighted by atomic mass is 10.1. The minimum Gasteiger partial charge on any atom is -0.299 e. The van der Waals surface area contributed by atoms with Crippen molar-refractivity contribution < 1.29 is 0 Å². The number of halogens is 1. The van der Waals surface area contributed by atoms with Gasteiger partial charge >= 0.3 is 0 Å². The molecule has 0 atom stereocenters. The van der Waals surface area contributed by atoms with E-state index < -0.39 is 0 Å². The average Bonchev–Trinajstić information content (AvgIpc) is 2.03. The Kier molecular flexibility index (Phi) is 11.7. The van der Waals surface area contributed by atoms with Crippen molar-refractivity contribution in [1.82, 2.24) is 4.90 Å². The molecule has 0 saturated carbocycles. The maximum atomic E-state index is 4.07. The van der Waals surface area contributed by atoms with E-state index in [1.54, 1.807) is 0 Å². The second kappa shape index (κ2) is 10.3. The van der Waals surface area contributed by atoms with Gasteiger partial charge in [0, 0.05) is 13.1 Å². The van der Waals surface area contributed by atoms with E-state index in [1.165, 1.54) is 24.0 Å². The van der Waals surface area contributed by atoms with Crippen LogP contribution in [-0.4, -0.2) is 25.0 Å². The van der Waals surface area contributed by atoms with Gasteiger partial charge in [-0.25, -0.2) is 0 Å². The maximum Gasteiger partial charge on any atom is 0.0190 e. The van der Waals surface area contributed by atoms with Gasteiger partial charge in [0.25, 0.3) is 0 Å². The molecule has 0 amide bonds. The molecule has 0 saturated heterocycles. The van der Waals surface area contributed by atoms with Crippen LogP contribution in [0.2, 0.25) is 0 Å². The second-order valence-electron chi connectivity index (χ2n) is 4.17. The van der Waals surface area contributed by atoms with Gasteiger partial charge in [-0.15, -0.1) is 12.4 Å². The highest BCUT2D eigenvalue weighted by Gasteiger charge is 2.02. The van der Waals surface area contributed by atoms with Crippen molar-refractivity contribution in [3.8, 4) is 0 Å². The molecule has 0 aliphatic heterocycles. The minimum atomic E-state index is 0. The zero-order chi connectivity index (χ0) is 11.0. The molecule has 0 bridgehead atoms. The monoisotopic (exact) mass is 231 g/mol. The Labute approximate surface area is 102 Å². The molecule has 0 aliphatic rings. The summed E-state index contributed by atoms with van der Waals surface area (Å²) < 4.78 is 0. The molecular formula is C13H26ClN. The summed E-state index contributed by atoms with van der Waals surface area (Å²) in [4.78, 5) is 2.30. The lowest BCUT2D eigenvalue weighted by Gasteiger charge is -2.19. The largest absolute Gasteiger partial charge is 0.299 e. The van der Waals surface area contributed by atoms with Crippen LogP contribution in [0.15, 0.2) is 24.3 Å². The molecule has 0 fully saturated rings. The fraction of sp³-hybridized carbons (Fsp3) is 0.692. The Bertz CT molecular complexity index is 167. The molecule has 0 aromatic heterocycles. The van der Waals surface area contributed by atoms with Crippen molar-refractivity contribution in [2.45, 2.75) is 39.5 Å². The van der Waals surface area contributed by atoms with Gasteiger partial charge in [0.15, 0.2) is 0 Å². The topological polar surface area (TPSA) is 3.24 Å². The molecule has 0 rings (SSSR count). The summed E-state index contributed by atoms with van der Waals surface area (Å²) in [5, 5.41) is 0. The fourth-order valence-electron chi connectivity index (χ4n) is 1.68. The van der Waals surface area contributed by atoms with E-state index in [9.17, 15) is 0 Å². The summed E-state index contributed by atoms with van der Waals surface area (Å²) in [6.45, 7) is 14.5. The molecule has 2 heteroatoms. The van der Waals surface area contributed by atoms with E-state index in [-0.39, 0.29) is 12.4 Å². The molecule has 0 aliphatic carbocycles. The Morgan fingerprint density at radius 3 is 1.53 bits per heavy atom. The Balaban J connectivity index is 0. The van der Waals surface area contributed by atoms with Crippen LogP contribution in [0.4, 0.5) is 0 Å². The number of rotatable bonds is 8. The fourth-order valence-corrected chi connectivity index (χ4v) is 1.68. The van der Waals surface area contributed by atoms with Crippen molar-refractivity contribution in [3.05, 3.63) is 24.3 Å². The van der Waals surface area contributed by atoms with E-state index in [0.717, 1.165) is 25.9 Å². The summed E-state index contributed by atoms with van der Waals surface area (Å²) in [7, 11) is 2.14. The van der Waals surface area contributed by atoms with Gasteiger partial charge in [-0.3, -0.25) is 4.90 Å². The van der Waals surface area contributed by atoms with Crippen LogP contribution in [0.1, 0.15) is 39.5 Å². The normalized spacial score (nSPS) is 9.87. The molecular weight excluding hydrogens is 206 g/mol. The highest BCUT2D eigenvalue weighted by atomic mass is 35.5. The molecule has 0 radical (unpaired) electrons. The quantitative estimate of drug-likeness (QED) is 0.570. The zero-order valence-corrected chi connectivity index (χ0v) is 11.3. The molecule has 0 N–H and O–H groups in total. The van der Waals surface area contributed by atoms with Crippen molar-refractivity contribution in [2.24, 2.45) is 0 Å². The molecule has 0 aromatic rings. The minimum absolute atomic E-state index is 0. The molecule has 0 aromatic carbocycles. The first-order valence-corrected chi connectivity index (χ1v) is 5.62. The Morgan fingerprint density at radius 1 is 0.933 bits per heavy atom. The van der Waals surface area contributed by atoms with Crippen molar-refractivity contribution in [3.63, 3.8) is 0 Å².